The summed E-state index contributed by atoms with van der Waals surface area (Å²) in [4.78, 5) is 33.5. The van der Waals surface area contributed by atoms with E-state index >= 15 is 0 Å². The van der Waals surface area contributed by atoms with Crippen molar-refractivity contribution < 1.29 is 19.1 Å². The number of amides is 2. The van der Waals surface area contributed by atoms with E-state index in [4.69, 9.17) is 9.47 Å². The first-order chi connectivity index (χ1) is 15.5. The summed E-state index contributed by atoms with van der Waals surface area (Å²) in [6, 6.07) is 5.69. The van der Waals surface area contributed by atoms with E-state index < -0.39 is 0 Å². The number of imide groups is 1. The number of nitrogens with zero attached hydrogens (tertiary/aromatic N) is 3. The minimum Gasteiger partial charge on any atom is -0.493 e. The topological polar surface area (TPSA) is 62.3 Å². The molecule has 2 aliphatic heterocycles. The highest BCUT2D eigenvalue weighted by Crippen LogP contribution is 2.39. The number of likely N-dealkylation sites (N-methyl/N-ethyl adjacent to an activating group) is 1. The summed E-state index contributed by atoms with van der Waals surface area (Å²) in [5.74, 6) is 0.829. The molecule has 7 nitrogen and oxygen atoms in total. The lowest BCUT2D eigenvalue weighted by molar-refractivity contribution is -0.141. The zero-order valence-corrected chi connectivity index (χ0v) is 19.7. The molecule has 0 aromatic heterocycles. The third kappa shape index (κ3) is 4.10. The highest BCUT2D eigenvalue weighted by atomic mass is 16.5. The molecule has 0 atom stereocenters. The van der Waals surface area contributed by atoms with Crippen LogP contribution in [0.2, 0.25) is 0 Å². The minimum absolute atomic E-state index is 0.0118. The Morgan fingerprint density at radius 1 is 0.906 bits per heavy atom. The number of methoxy groups -OCH3 is 2. The van der Waals surface area contributed by atoms with E-state index in [0.717, 1.165) is 51.6 Å². The molecule has 0 N–H and O–H groups in total. The standard InChI is InChI=1S/C25H35N3O4/c1-26-14-12-18(13-15-26)27(2)23-22(17-10-11-20(31-3)21(16-17)32-4)24(29)28(25(23)30)19-8-6-5-7-9-19/h10-11,16,18-19H,5-9,12-15H2,1-4H3. The van der Waals surface area contributed by atoms with Crippen LogP contribution < -0.4 is 9.47 Å². The van der Waals surface area contributed by atoms with E-state index in [1.165, 1.54) is 6.42 Å². The Labute approximate surface area is 190 Å². The van der Waals surface area contributed by atoms with E-state index in [1.54, 1.807) is 25.2 Å². The van der Waals surface area contributed by atoms with Gasteiger partial charge in [-0.05, 0) is 63.5 Å². The van der Waals surface area contributed by atoms with Crippen molar-refractivity contribution in [2.75, 3.05) is 41.4 Å². The summed E-state index contributed by atoms with van der Waals surface area (Å²) in [7, 11) is 7.27. The molecule has 3 aliphatic rings. The second-order valence-electron chi connectivity index (χ2n) is 9.21. The maximum absolute atomic E-state index is 13.8. The summed E-state index contributed by atoms with van der Waals surface area (Å²) in [6.45, 7) is 1.98. The van der Waals surface area contributed by atoms with Gasteiger partial charge in [-0.1, -0.05) is 25.3 Å². The number of benzene rings is 1. The van der Waals surface area contributed by atoms with Gasteiger partial charge in [0.25, 0.3) is 11.8 Å². The monoisotopic (exact) mass is 441 g/mol. The maximum Gasteiger partial charge on any atom is 0.278 e. The first kappa shape index (κ1) is 22.6. The van der Waals surface area contributed by atoms with Crippen LogP contribution in [0.4, 0.5) is 0 Å². The summed E-state index contributed by atoms with van der Waals surface area (Å²) >= 11 is 0. The van der Waals surface area contributed by atoms with Crippen LogP contribution in [0.3, 0.4) is 0 Å². The molecule has 1 aliphatic carbocycles. The van der Waals surface area contributed by atoms with E-state index in [9.17, 15) is 9.59 Å². The molecule has 1 aromatic rings. The number of hydrogen-bond donors (Lipinski definition) is 0. The number of likely N-dealkylation sites (tertiary alicyclic amines) is 1. The zero-order chi connectivity index (χ0) is 22.8. The quantitative estimate of drug-likeness (QED) is 0.632. The minimum atomic E-state index is -0.177. The van der Waals surface area contributed by atoms with Gasteiger partial charge < -0.3 is 19.3 Å². The Kier molecular flexibility index (Phi) is 6.74. The van der Waals surface area contributed by atoms with Crippen LogP contribution in [0.25, 0.3) is 5.57 Å². The van der Waals surface area contributed by atoms with Crippen LogP contribution in [-0.4, -0.2) is 80.0 Å². The molecule has 2 heterocycles. The van der Waals surface area contributed by atoms with Crippen molar-refractivity contribution in [1.82, 2.24) is 14.7 Å². The SMILES string of the molecule is COc1ccc(C2=C(N(C)C3CCN(C)CC3)C(=O)N(C3CCCCC3)C2=O)cc1OC. The smallest absolute Gasteiger partial charge is 0.278 e. The molecule has 0 spiro atoms. The Balaban J connectivity index is 1.76. The molecule has 4 rings (SSSR count). The van der Waals surface area contributed by atoms with Gasteiger partial charge >= 0.3 is 0 Å². The normalized spacial score (nSPS) is 21.4. The van der Waals surface area contributed by atoms with Crippen molar-refractivity contribution in [2.45, 2.75) is 57.0 Å². The third-order valence-electron chi connectivity index (χ3n) is 7.29. The van der Waals surface area contributed by atoms with Crippen molar-refractivity contribution in [2.24, 2.45) is 0 Å². The third-order valence-corrected chi connectivity index (χ3v) is 7.29. The largest absolute Gasteiger partial charge is 0.493 e. The van der Waals surface area contributed by atoms with Crippen molar-refractivity contribution in [3.05, 3.63) is 29.5 Å². The summed E-state index contributed by atoms with van der Waals surface area (Å²) in [5.41, 5.74) is 1.72. The van der Waals surface area contributed by atoms with E-state index in [-0.39, 0.29) is 23.9 Å². The Morgan fingerprint density at radius 3 is 2.19 bits per heavy atom. The summed E-state index contributed by atoms with van der Waals surface area (Å²) < 4.78 is 10.9. The fraction of sp³-hybridized carbons (Fsp3) is 0.600. The van der Waals surface area contributed by atoms with E-state index in [1.807, 2.05) is 19.2 Å². The lowest BCUT2D eigenvalue weighted by Gasteiger charge is -2.37. The van der Waals surface area contributed by atoms with Crippen LogP contribution in [0.1, 0.15) is 50.5 Å². The van der Waals surface area contributed by atoms with Crippen molar-refractivity contribution >= 4 is 17.4 Å². The molecule has 0 radical (unpaired) electrons. The van der Waals surface area contributed by atoms with Gasteiger partial charge in [0.2, 0.25) is 0 Å². The van der Waals surface area contributed by atoms with Gasteiger partial charge in [-0.25, -0.2) is 0 Å². The molecule has 174 valence electrons. The van der Waals surface area contributed by atoms with E-state index in [0.29, 0.717) is 28.3 Å². The second-order valence-corrected chi connectivity index (χ2v) is 9.21. The Hall–Kier alpha value is -2.54. The van der Waals surface area contributed by atoms with Crippen molar-refractivity contribution in [1.29, 1.82) is 0 Å². The van der Waals surface area contributed by atoms with Crippen LogP contribution in [-0.2, 0) is 9.59 Å². The fourth-order valence-corrected chi connectivity index (χ4v) is 5.35. The van der Waals surface area contributed by atoms with Gasteiger partial charge in [0.05, 0.1) is 19.8 Å². The molecule has 1 saturated carbocycles. The van der Waals surface area contributed by atoms with Crippen molar-refractivity contribution in [3.63, 3.8) is 0 Å². The predicted octanol–water partition coefficient (Wildman–Crippen LogP) is 3.14. The average molecular weight is 442 g/mol. The van der Waals surface area contributed by atoms with Gasteiger partial charge in [-0.2, -0.15) is 0 Å². The molecule has 32 heavy (non-hydrogen) atoms. The van der Waals surface area contributed by atoms with Crippen LogP contribution >= 0.6 is 0 Å². The van der Waals surface area contributed by atoms with Crippen LogP contribution in [0, 0.1) is 0 Å². The van der Waals surface area contributed by atoms with Crippen molar-refractivity contribution in [3.8, 4) is 11.5 Å². The molecule has 1 saturated heterocycles. The number of hydrogen-bond acceptors (Lipinski definition) is 6. The number of ether oxygens (including phenoxy) is 2. The highest BCUT2D eigenvalue weighted by Gasteiger charge is 2.45. The zero-order valence-electron chi connectivity index (χ0n) is 19.7. The van der Waals surface area contributed by atoms with Gasteiger partial charge in [0, 0.05) is 19.1 Å². The average Bonchev–Trinajstić information content (AvgIpc) is 3.08. The van der Waals surface area contributed by atoms with Crippen LogP contribution in [0.5, 0.6) is 11.5 Å². The highest BCUT2D eigenvalue weighted by molar-refractivity contribution is 6.35. The number of rotatable bonds is 6. The number of carbonyl (C=O) groups is 2. The second kappa shape index (κ2) is 9.53. The molecular weight excluding hydrogens is 406 g/mol. The summed E-state index contributed by atoms with van der Waals surface area (Å²) in [5, 5.41) is 0. The first-order valence-corrected chi connectivity index (χ1v) is 11.7. The lowest BCUT2D eigenvalue weighted by atomic mass is 9.94. The molecule has 0 bridgehead atoms. The molecular formula is C25H35N3O4. The number of piperidine rings is 1. The molecule has 1 aromatic carbocycles. The molecule has 2 fully saturated rings. The molecule has 2 amide bonds. The van der Waals surface area contributed by atoms with Gasteiger partial charge in [-0.15, -0.1) is 0 Å². The van der Waals surface area contributed by atoms with Gasteiger partial charge in [0.1, 0.15) is 5.70 Å². The molecule has 0 unspecified atom stereocenters. The fourth-order valence-electron chi connectivity index (χ4n) is 5.35. The Morgan fingerprint density at radius 2 is 1.56 bits per heavy atom. The maximum atomic E-state index is 13.8. The van der Waals surface area contributed by atoms with E-state index in [2.05, 4.69) is 16.8 Å². The predicted molar refractivity (Wildman–Crippen MR) is 123 cm³/mol. The Bertz CT molecular complexity index is 898. The summed E-state index contributed by atoms with van der Waals surface area (Å²) in [6.07, 6.45) is 7.02. The van der Waals surface area contributed by atoms with Gasteiger partial charge in [-0.3, -0.25) is 14.5 Å². The van der Waals surface area contributed by atoms with Gasteiger partial charge in [0.15, 0.2) is 11.5 Å². The number of carbonyl (C=O) groups excluding carboxylic acids is 2. The first-order valence-electron chi connectivity index (χ1n) is 11.7. The molecule has 7 heteroatoms. The lowest BCUT2D eigenvalue weighted by Crippen LogP contribution is -2.46. The van der Waals surface area contributed by atoms with Crippen LogP contribution in [0.15, 0.2) is 23.9 Å².